The van der Waals surface area contributed by atoms with E-state index in [1.807, 2.05) is 24.3 Å². The van der Waals surface area contributed by atoms with Crippen molar-refractivity contribution in [2.45, 2.75) is 31.1 Å². The number of benzene rings is 2. The number of rotatable bonds is 11. The highest BCUT2D eigenvalue weighted by Gasteiger charge is 2.37. The molecule has 0 aliphatic heterocycles. The van der Waals surface area contributed by atoms with Crippen molar-refractivity contribution in [3.05, 3.63) is 71.8 Å². The monoisotopic (exact) mass is 427 g/mol. The summed E-state index contributed by atoms with van der Waals surface area (Å²) in [7, 11) is 0. The molecule has 2 N–H and O–H groups in total. The fourth-order valence-corrected chi connectivity index (χ4v) is 4.41. The van der Waals surface area contributed by atoms with Gasteiger partial charge in [-0.25, -0.2) is 4.79 Å². The third-order valence-corrected chi connectivity index (χ3v) is 6.51. The molecule has 0 spiro atoms. The normalized spacial score (nSPS) is 18.8. The summed E-state index contributed by atoms with van der Waals surface area (Å²) >= 11 is 1.77. The fourth-order valence-electron chi connectivity index (χ4n) is 3.59. The Morgan fingerprint density at radius 3 is 2.43 bits per heavy atom. The van der Waals surface area contributed by atoms with E-state index in [-0.39, 0.29) is 36.7 Å². The van der Waals surface area contributed by atoms with E-state index in [0.717, 1.165) is 24.3 Å². The molecule has 1 fully saturated rings. The number of ether oxygens (including phenoxy) is 1. The van der Waals surface area contributed by atoms with Crippen LogP contribution in [-0.4, -0.2) is 42.0 Å². The number of esters is 1. The zero-order valence-electron chi connectivity index (χ0n) is 17.0. The second kappa shape index (κ2) is 11.8. The first-order chi connectivity index (χ1) is 14.6. The van der Waals surface area contributed by atoms with Crippen LogP contribution in [0.2, 0.25) is 0 Å². The molecule has 2 aromatic rings. The third-order valence-electron chi connectivity index (χ3n) is 5.48. The Balaban J connectivity index is 1.29. The van der Waals surface area contributed by atoms with Crippen LogP contribution in [0.15, 0.2) is 60.7 Å². The molecule has 30 heavy (non-hydrogen) atoms. The predicted molar refractivity (Wildman–Crippen MR) is 119 cm³/mol. The van der Waals surface area contributed by atoms with E-state index in [1.165, 1.54) is 5.56 Å². The lowest BCUT2D eigenvalue weighted by Gasteiger charge is -2.39. The minimum absolute atomic E-state index is 0.00628. The molecular weight excluding hydrogens is 398 g/mol. The standard InChI is InChI=1S/C24H29NO4S/c26-22(15-23(27)25-13-14-30-17-18-7-3-1-4-8-18)21-12-11-20(21)16-29-24(28)19-9-5-2-6-10-19/h1-10,20-22,26H,11-17H2,(H,25,27)/t20-,21+,22-/m0/s1. The van der Waals surface area contributed by atoms with E-state index in [2.05, 4.69) is 17.4 Å². The van der Waals surface area contributed by atoms with Crippen LogP contribution in [0.1, 0.15) is 35.2 Å². The molecule has 6 heteroatoms. The molecule has 0 saturated heterocycles. The minimum atomic E-state index is -0.698. The Labute approximate surface area is 182 Å². The quantitative estimate of drug-likeness (QED) is 0.423. The Bertz CT molecular complexity index is 799. The van der Waals surface area contributed by atoms with Crippen LogP contribution in [-0.2, 0) is 15.3 Å². The van der Waals surface area contributed by atoms with Crippen LogP contribution >= 0.6 is 11.8 Å². The van der Waals surface area contributed by atoms with Gasteiger partial charge in [0.2, 0.25) is 5.91 Å². The average molecular weight is 428 g/mol. The second-order valence-corrected chi connectivity index (χ2v) is 8.73. The van der Waals surface area contributed by atoms with E-state index in [1.54, 1.807) is 36.0 Å². The van der Waals surface area contributed by atoms with E-state index < -0.39 is 6.10 Å². The molecule has 1 aliphatic carbocycles. The molecule has 1 saturated carbocycles. The van der Waals surface area contributed by atoms with Gasteiger partial charge in [0.1, 0.15) is 0 Å². The lowest BCUT2D eigenvalue weighted by atomic mass is 9.70. The van der Waals surface area contributed by atoms with Crippen LogP contribution in [0.4, 0.5) is 0 Å². The third kappa shape index (κ3) is 6.89. The molecule has 2 aromatic carbocycles. The Hall–Kier alpha value is -2.31. The number of amides is 1. The molecule has 1 amide bonds. The summed E-state index contributed by atoms with van der Waals surface area (Å²) in [6.07, 6.45) is 1.16. The van der Waals surface area contributed by atoms with Crippen LogP contribution in [0, 0.1) is 11.8 Å². The van der Waals surface area contributed by atoms with Gasteiger partial charge >= 0.3 is 5.97 Å². The van der Waals surface area contributed by atoms with Gasteiger partial charge in [0, 0.05) is 18.1 Å². The SMILES string of the molecule is O=C(C[C@H](O)[C@@H]1CC[C@H]1COC(=O)c1ccccc1)NCCSCc1ccccc1. The van der Waals surface area contributed by atoms with Crippen LogP contribution in [0.3, 0.4) is 0 Å². The van der Waals surface area contributed by atoms with Crippen LogP contribution in [0.5, 0.6) is 0 Å². The second-order valence-electron chi connectivity index (χ2n) is 7.63. The summed E-state index contributed by atoms with van der Waals surface area (Å²) in [5, 5.41) is 13.3. The topological polar surface area (TPSA) is 75.6 Å². The van der Waals surface area contributed by atoms with Crippen molar-refractivity contribution >= 4 is 23.6 Å². The fraction of sp³-hybridized carbons (Fsp3) is 0.417. The molecular formula is C24H29NO4S. The number of aliphatic hydroxyl groups excluding tert-OH is 1. The van der Waals surface area contributed by atoms with Crippen molar-refractivity contribution in [2.75, 3.05) is 18.9 Å². The molecule has 0 radical (unpaired) electrons. The van der Waals surface area contributed by atoms with Gasteiger partial charge in [-0.05, 0) is 42.4 Å². The predicted octanol–water partition coefficient (Wildman–Crippen LogP) is 3.67. The van der Waals surface area contributed by atoms with Gasteiger partial charge in [0.15, 0.2) is 0 Å². The number of carbonyl (C=O) groups is 2. The molecule has 3 atom stereocenters. The van der Waals surface area contributed by atoms with Gasteiger partial charge in [-0.15, -0.1) is 0 Å². The maximum atomic E-state index is 12.1. The van der Waals surface area contributed by atoms with Gasteiger partial charge in [-0.2, -0.15) is 11.8 Å². The summed E-state index contributed by atoms with van der Waals surface area (Å²) in [6, 6.07) is 19.1. The first kappa shape index (κ1) is 22.4. The Morgan fingerprint density at radius 1 is 1.07 bits per heavy atom. The highest BCUT2D eigenvalue weighted by Crippen LogP contribution is 2.38. The first-order valence-corrected chi connectivity index (χ1v) is 11.6. The van der Waals surface area contributed by atoms with Crippen molar-refractivity contribution in [1.82, 2.24) is 5.32 Å². The maximum absolute atomic E-state index is 12.1. The van der Waals surface area contributed by atoms with E-state index in [0.29, 0.717) is 12.1 Å². The highest BCUT2D eigenvalue weighted by atomic mass is 32.2. The average Bonchev–Trinajstić information content (AvgIpc) is 2.74. The zero-order chi connectivity index (χ0) is 21.2. The first-order valence-electron chi connectivity index (χ1n) is 10.4. The van der Waals surface area contributed by atoms with E-state index >= 15 is 0 Å². The summed E-state index contributed by atoms with van der Waals surface area (Å²) in [5.74, 6) is 1.40. The van der Waals surface area contributed by atoms with Crippen LogP contribution in [0.25, 0.3) is 0 Å². The molecule has 5 nitrogen and oxygen atoms in total. The van der Waals surface area contributed by atoms with Crippen molar-refractivity contribution in [3.8, 4) is 0 Å². The summed E-state index contributed by atoms with van der Waals surface area (Å²) in [5.41, 5.74) is 1.80. The number of thioether (sulfide) groups is 1. The summed E-state index contributed by atoms with van der Waals surface area (Å²) in [4.78, 5) is 24.2. The lowest BCUT2D eigenvalue weighted by molar-refractivity contribution is -0.125. The number of nitrogens with one attached hydrogen (secondary N) is 1. The van der Waals surface area contributed by atoms with Crippen molar-refractivity contribution in [2.24, 2.45) is 11.8 Å². The van der Waals surface area contributed by atoms with E-state index in [9.17, 15) is 14.7 Å². The molecule has 3 rings (SSSR count). The van der Waals surface area contributed by atoms with Crippen molar-refractivity contribution in [1.29, 1.82) is 0 Å². The Morgan fingerprint density at radius 2 is 1.77 bits per heavy atom. The van der Waals surface area contributed by atoms with Gasteiger partial charge in [-0.1, -0.05) is 48.5 Å². The number of hydrogen-bond acceptors (Lipinski definition) is 5. The van der Waals surface area contributed by atoms with Crippen LogP contribution < -0.4 is 5.32 Å². The largest absolute Gasteiger partial charge is 0.462 e. The van der Waals surface area contributed by atoms with E-state index in [4.69, 9.17) is 4.74 Å². The van der Waals surface area contributed by atoms with Gasteiger partial charge in [0.05, 0.1) is 24.7 Å². The number of carbonyl (C=O) groups excluding carboxylic acids is 2. The highest BCUT2D eigenvalue weighted by molar-refractivity contribution is 7.98. The number of hydrogen-bond donors (Lipinski definition) is 2. The number of aliphatic hydroxyl groups is 1. The Kier molecular flexibility index (Phi) is 8.78. The molecule has 0 unspecified atom stereocenters. The molecule has 0 heterocycles. The van der Waals surface area contributed by atoms with Crippen molar-refractivity contribution < 1.29 is 19.4 Å². The van der Waals surface area contributed by atoms with Gasteiger partial charge < -0.3 is 15.2 Å². The minimum Gasteiger partial charge on any atom is -0.462 e. The maximum Gasteiger partial charge on any atom is 0.338 e. The summed E-state index contributed by atoms with van der Waals surface area (Å²) < 4.78 is 5.39. The molecule has 160 valence electrons. The molecule has 1 aliphatic rings. The summed E-state index contributed by atoms with van der Waals surface area (Å²) in [6.45, 7) is 0.874. The molecule has 0 bridgehead atoms. The molecule has 0 aromatic heterocycles. The zero-order valence-corrected chi connectivity index (χ0v) is 17.9. The lowest BCUT2D eigenvalue weighted by Crippen LogP contribution is -2.41. The van der Waals surface area contributed by atoms with Gasteiger partial charge in [-0.3, -0.25) is 4.79 Å². The smallest absolute Gasteiger partial charge is 0.338 e. The van der Waals surface area contributed by atoms with Gasteiger partial charge in [0.25, 0.3) is 0 Å². The van der Waals surface area contributed by atoms with Crippen molar-refractivity contribution in [3.63, 3.8) is 0 Å².